The van der Waals surface area contributed by atoms with Crippen LogP contribution in [0, 0.1) is 0 Å². The van der Waals surface area contributed by atoms with Crippen LogP contribution in [0.3, 0.4) is 0 Å². The van der Waals surface area contributed by atoms with Gasteiger partial charge >= 0.3 is 12.0 Å². The van der Waals surface area contributed by atoms with E-state index in [4.69, 9.17) is 4.74 Å². The van der Waals surface area contributed by atoms with E-state index in [0.29, 0.717) is 25.4 Å². The zero-order valence-corrected chi connectivity index (χ0v) is 18.7. The third-order valence-electron chi connectivity index (χ3n) is 5.10. The smallest absolute Gasteiger partial charge is 0.330 e. The molecule has 2 N–H and O–H groups in total. The van der Waals surface area contributed by atoms with Gasteiger partial charge in [0.1, 0.15) is 5.82 Å². The molecule has 2 aromatic rings. The van der Waals surface area contributed by atoms with Gasteiger partial charge in [-0.25, -0.2) is 14.6 Å². The zero-order valence-electron chi connectivity index (χ0n) is 18.7. The minimum atomic E-state index is -0.399. The van der Waals surface area contributed by atoms with Crippen LogP contribution in [0.2, 0.25) is 0 Å². The summed E-state index contributed by atoms with van der Waals surface area (Å²) < 4.78 is 4.83. The van der Waals surface area contributed by atoms with Crippen molar-refractivity contribution in [1.82, 2.24) is 15.2 Å². The van der Waals surface area contributed by atoms with Crippen molar-refractivity contribution in [3.8, 4) is 0 Å². The van der Waals surface area contributed by atoms with Gasteiger partial charge in [-0.15, -0.1) is 0 Å². The molecule has 3 amide bonds. The van der Waals surface area contributed by atoms with Crippen molar-refractivity contribution in [3.05, 3.63) is 60.3 Å². The standard InChI is InChI=1S/C24H29N5O4/c1-2-33-23(31)11-8-19-6-9-20(10-7-19)27-24(32)26-14-12-22(30)29-17-15-28(16-18-29)21-5-3-4-13-25-21/h3-11,13H,2,12,14-18H2,1H3,(H2,26,27,32)/b11-8+. The SMILES string of the molecule is CCOC(=O)/C=C/c1ccc(NC(=O)NCCC(=O)N2CCN(c3ccccn3)CC2)cc1. The zero-order chi connectivity index (χ0) is 23.5. The lowest BCUT2D eigenvalue weighted by Gasteiger charge is -2.35. The van der Waals surface area contributed by atoms with Crippen LogP contribution < -0.4 is 15.5 Å². The molecule has 1 saturated heterocycles. The van der Waals surface area contributed by atoms with Crippen molar-refractivity contribution >= 4 is 35.5 Å². The Morgan fingerprint density at radius 1 is 1.06 bits per heavy atom. The lowest BCUT2D eigenvalue weighted by molar-refractivity contribution is -0.137. The molecule has 1 aliphatic heterocycles. The Bertz CT molecular complexity index is 955. The van der Waals surface area contributed by atoms with Gasteiger partial charge in [-0.2, -0.15) is 0 Å². The Hall–Kier alpha value is -3.88. The number of nitrogens with zero attached hydrogens (tertiary/aromatic N) is 3. The highest BCUT2D eigenvalue weighted by atomic mass is 16.5. The van der Waals surface area contributed by atoms with E-state index < -0.39 is 5.97 Å². The first-order chi connectivity index (χ1) is 16.0. The van der Waals surface area contributed by atoms with E-state index in [2.05, 4.69) is 20.5 Å². The van der Waals surface area contributed by atoms with E-state index in [1.807, 2.05) is 23.1 Å². The maximum Gasteiger partial charge on any atom is 0.330 e. The summed E-state index contributed by atoms with van der Waals surface area (Å²) in [6, 6.07) is 12.4. The number of piperazine rings is 1. The van der Waals surface area contributed by atoms with Crippen LogP contribution in [0.1, 0.15) is 18.9 Å². The fraction of sp³-hybridized carbons (Fsp3) is 0.333. The molecule has 0 atom stereocenters. The van der Waals surface area contributed by atoms with Crippen LogP contribution >= 0.6 is 0 Å². The molecular weight excluding hydrogens is 422 g/mol. The Labute approximate surface area is 193 Å². The van der Waals surface area contributed by atoms with Crippen LogP contribution in [0.4, 0.5) is 16.3 Å². The second kappa shape index (κ2) is 12.2. The quantitative estimate of drug-likeness (QED) is 0.472. The number of carbonyl (C=O) groups excluding carboxylic acids is 3. The summed E-state index contributed by atoms with van der Waals surface area (Å²) in [7, 11) is 0. The lowest BCUT2D eigenvalue weighted by atomic mass is 10.2. The number of carbonyl (C=O) groups is 3. The second-order valence-corrected chi connectivity index (χ2v) is 7.39. The summed E-state index contributed by atoms with van der Waals surface area (Å²) >= 11 is 0. The monoisotopic (exact) mass is 451 g/mol. The second-order valence-electron chi connectivity index (χ2n) is 7.39. The van der Waals surface area contributed by atoms with Gasteiger partial charge in [0.2, 0.25) is 5.91 Å². The molecule has 174 valence electrons. The number of pyridine rings is 1. The Balaban J connectivity index is 1.35. The predicted octanol–water partition coefficient (Wildman–Crippen LogP) is 2.52. The van der Waals surface area contributed by atoms with E-state index in [1.165, 1.54) is 6.08 Å². The molecule has 9 heteroatoms. The van der Waals surface area contributed by atoms with Crippen molar-refractivity contribution in [2.24, 2.45) is 0 Å². The van der Waals surface area contributed by atoms with Crippen molar-refractivity contribution < 1.29 is 19.1 Å². The predicted molar refractivity (Wildman–Crippen MR) is 127 cm³/mol. The van der Waals surface area contributed by atoms with Gasteiger partial charge in [0, 0.05) is 57.1 Å². The number of hydrogen-bond acceptors (Lipinski definition) is 6. The molecule has 1 aromatic carbocycles. The van der Waals surface area contributed by atoms with E-state index >= 15 is 0 Å². The van der Waals surface area contributed by atoms with Crippen LogP contribution in [-0.2, 0) is 14.3 Å². The topological polar surface area (TPSA) is 104 Å². The molecule has 2 heterocycles. The average Bonchev–Trinajstić information content (AvgIpc) is 2.84. The highest BCUT2D eigenvalue weighted by Gasteiger charge is 2.21. The first-order valence-electron chi connectivity index (χ1n) is 11.0. The van der Waals surface area contributed by atoms with E-state index in [0.717, 1.165) is 24.5 Å². The third-order valence-corrected chi connectivity index (χ3v) is 5.10. The number of benzene rings is 1. The average molecular weight is 452 g/mol. The van der Waals surface area contributed by atoms with E-state index in [1.54, 1.807) is 43.5 Å². The largest absolute Gasteiger partial charge is 0.463 e. The van der Waals surface area contributed by atoms with Crippen molar-refractivity contribution in [3.63, 3.8) is 0 Å². The fourth-order valence-electron chi connectivity index (χ4n) is 3.37. The molecule has 9 nitrogen and oxygen atoms in total. The summed E-state index contributed by atoms with van der Waals surface area (Å²) in [6.45, 7) is 5.08. The number of esters is 1. The molecule has 1 fully saturated rings. The number of anilines is 2. The highest BCUT2D eigenvalue weighted by Crippen LogP contribution is 2.13. The number of nitrogens with one attached hydrogen (secondary N) is 2. The van der Waals surface area contributed by atoms with E-state index in [9.17, 15) is 14.4 Å². The molecule has 0 aliphatic carbocycles. The third kappa shape index (κ3) is 7.64. The van der Waals surface area contributed by atoms with Gasteiger partial charge in [0.25, 0.3) is 0 Å². The molecule has 0 radical (unpaired) electrons. The minimum absolute atomic E-state index is 0.0220. The molecule has 1 aromatic heterocycles. The number of ether oxygens (including phenoxy) is 1. The normalized spacial score (nSPS) is 13.6. The molecule has 0 unspecified atom stereocenters. The van der Waals surface area contributed by atoms with Crippen molar-refractivity contribution in [1.29, 1.82) is 0 Å². The van der Waals surface area contributed by atoms with Crippen LogP contribution in [0.25, 0.3) is 6.08 Å². The first kappa shape index (κ1) is 23.8. The summed E-state index contributed by atoms with van der Waals surface area (Å²) in [5, 5.41) is 5.44. The Morgan fingerprint density at radius 2 is 1.82 bits per heavy atom. The molecule has 1 aliphatic rings. The van der Waals surface area contributed by atoms with Crippen molar-refractivity contribution in [2.75, 3.05) is 49.5 Å². The summed E-state index contributed by atoms with van der Waals surface area (Å²) in [5.74, 6) is 0.545. The molecule has 0 spiro atoms. The maximum absolute atomic E-state index is 12.4. The maximum atomic E-state index is 12.4. The minimum Gasteiger partial charge on any atom is -0.463 e. The fourth-order valence-corrected chi connectivity index (χ4v) is 3.37. The van der Waals surface area contributed by atoms with Gasteiger partial charge in [0.15, 0.2) is 0 Å². The summed E-state index contributed by atoms with van der Waals surface area (Å²) in [4.78, 5) is 44.2. The van der Waals surface area contributed by atoms with Gasteiger partial charge < -0.3 is 25.2 Å². The number of hydrogen-bond donors (Lipinski definition) is 2. The number of urea groups is 1. The van der Waals surface area contributed by atoms with Gasteiger partial charge in [-0.1, -0.05) is 18.2 Å². The van der Waals surface area contributed by atoms with Gasteiger partial charge in [-0.3, -0.25) is 4.79 Å². The Morgan fingerprint density at radius 3 is 2.48 bits per heavy atom. The van der Waals surface area contributed by atoms with Gasteiger partial charge in [0.05, 0.1) is 6.61 Å². The summed E-state index contributed by atoms with van der Waals surface area (Å²) in [5.41, 5.74) is 1.42. The molecule has 33 heavy (non-hydrogen) atoms. The van der Waals surface area contributed by atoms with Crippen LogP contribution in [0.5, 0.6) is 0 Å². The number of rotatable bonds is 8. The molecule has 3 rings (SSSR count). The van der Waals surface area contributed by atoms with Crippen LogP contribution in [0.15, 0.2) is 54.7 Å². The molecule has 0 bridgehead atoms. The lowest BCUT2D eigenvalue weighted by Crippen LogP contribution is -2.49. The first-order valence-corrected chi connectivity index (χ1v) is 11.0. The molecular formula is C24H29N5O4. The number of aromatic nitrogens is 1. The summed E-state index contributed by atoms with van der Waals surface area (Å²) in [6.07, 6.45) is 5.01. The van der Waals surface area contributed by atoms with Gasteiger partial charge in [-0.05, 0) is 42.8 Å². The van der Waals surface area contributed by atoms with Crippen LogP contribution in [-0.4, -0.2) is 67.1 Å². The Kier molecular flexibility index (Phi) is 8.81. The number of amides is 3. The molecule has 0 saturated carbocycles. The highest BCUT2D eigenvalue weighted by molar-refractivity contribution is 5.90. The van der Waals surface area contributed by atoms with E-state index in [-0.39, 0.29) is 24.9 Å². The van der Waals surface area contributed by atoms with Crippen molar-refractivity contribution in [2.45, 2.75) is 13.3 Å².